The van der Waals surface area contributed by atoms with Gasteiger partial charge in [-0.05, 0) is 68.7 Å². The summed E-state index contributed by atoms with van der Waals surface area (Å²) in [4.78, 5) is 0. The summed E-state index contributed by atoms with van der Waals surface area (Å²) in [6, 6.07) is 13.0. The Kier molecular flexibility index (Phi) is 6.36. The highest BCUT2D eigenvalue weighted by Gasteiger charge is 2.38. The average Bonchev–Trinajstić information content (AvgIpc) is 3.10. The molecule has 0 aromatic heterocycles. The van der Waals surface area contributed by atoms with Gasteiger partial charge in [-0.3, -0.25) is 0 Å². The third kappa shape index (κ3) is 5.41. The number of ether oxygens (including phenoxy) is 1. The van der Waals surface area contributed by atoms with Crippen LogP contribution in [0.4, 0.5) is 18.9 Å². The Bertz CT molecular complexity index is 861. The molecule has 1 fully saturated rings. The van der Waals surface area contributed by atoms with E-state index in [1.54, 1.807) is 6.07 Å². The molecular formula is C22H25F3N2OS. The van der Waals surface area contributed by atoms with Gasteiger partial charge >= 0.3 is 6.18 Å². The molecule has 0 bridgehead atoms. The zero-order valence-corrected chi connectivity index (χ0v) is 17.3. The van der Waals surface area contributed by atoms with Crippen LogP contribution in [-0.4, -0.2) is 11.2 Å². The number of hydrogen-bond acceptors (Lipinski definition) is 2. The molecule has 2 aromatic rings. The minimum atomic E-state index is -4.37. The van der Waals surface area contributed by atoms with Gasteiger partial charge < -0.3 is 15.4 Å². The second-order valence-corrected chi connectivity index (χ2v) is 8.05. The molecule has 1 saturated carbocycles. The normalized spacial score (nSPS) is 15.9. The maximum atomic E-state index is 13.2. The topological polar surface area (TPSA) is 33.3 Å². The lowest BCUT2D eigenvalue weighted by molar-refractivity contribution is -0.137. The van der Waals surface area contributed by atoms with Crippen molar-refractivity contribution in [2.45, 2.75) is 57.3 Å². The van der Waals surface area contributed by atoms with E-state index in [2.05, 4.69) is 10.6 Å². The lowest BCUT2D eigenvalue weighted by Crippen LogP contribution is -2.45. The fourth-order valence-corrected chi connectivity index (χ4v) is 4.07. The molecular weight excluding hydrogens is 397 g/mol. The number of anilines is 1. The highest BCUT2D eigenvalue weighted by molar-refractivity contribution is 7.80. The molecule has 0 radical (unpaired) electrons. The molecule has 0 heterocycles. The van der Waals surface area contributed by atoms with Crippen LogP contribution in [0.1, 0.15) is 50.7 Å². The number of hydrogen-bond donors (Lipinski definition) is 2. The van der Waals surface area contributed by atoms with Gasteiger partial charge in [0.15, 0.2) is 5.11 Å². The molecule has 3 nitrogen and oxygen atoms in total. The fraction of sp³-hybridized carbons (Fsp3) is 0.409. The van der Waals surface area contributed by atoms with Crippen molar-refractivity contribution in [3.63, 3.8) is 0 Å². The van der Waals surface area contributed by atoms with Crippen molar-refractivity contribution in [2.75, 3.05) is 5.32 Å². The van der Waals surface area contributed by atoms with Gasteiger partial charge in [0.2, 0.25) is 0 Å². The van der Waals surface area contributed by atoms with Crippen molar-refractivity contribution in [3.8, 4) is 5.75 Å². The number of alkyl halides is 3. The molecule has 0 atom stereocenters. The van der Waals surface area contributed by atoms with E-state index in [0.717, 1.165) is 43.2 Å². The van der Waals surface area contributed by atoms with E-state index in [9.17, 15) is 13.2 Å². The number of rotatable bonds is 5. The molecule has 2 aromatic carbocycles. The maximum Gasteiger partial charge on any atom is 0.416 e. The van der Waals surface area contributed by atoms with Crippen LogP contribution >= 0.6 is 12.2 Å². The zero-order valence-electron chi connectivity index (χ0n) is 16.5. The summed E-state index contributed by atoms with van der Waals surface area (Å²) in [6.45, 7) is 3.90. The first-order valence-electron chi connectivity index (χ1n) is 9.72. The number of halogens is 3. The summed E-state index contributed by atoms with van der Waals surface area (Å²) < 4.78 is 45.3. The summed E-state index contributed by atoms with van der Waals surface area (Å²) in [7, 11) is 0. The van der Waals surface area contributed by atoms with Crippen LogP contribution in [0, 0.1) is 0 Å². The summed E-state index contributed by atoms with van der Waals surface area (Å²) in [5, 5.41) is 6.83. The van der Waals surface area contributed by atoms with Crippen LogP contribution in [-0.2, 0) is 11.7 Å². The fourth-order valence-electron chi connectivity index (χ4n) is 3.76. The Morgan fingerprint density at radius 2 is 1.76 bits per heavy atom. The summed E-state index contributed by atoms with van der Waals surface area (Å²) in [5.41, 5.74) is 0.140. The molecule has 2 N–H and O–H groups in total. The molecule has 0 aliphatic heterocycles. The van der Waals surface area contributed by atoms with Crippen molar-refractivity contribution < 1.29 is 17.9 Å². The maximum absolute atomic E-state index is 13.2. The Morgan fingerprint density at radius 1 is 1.07 bits per heavy atom. The smallest absolute Gasteiger partial charge is 0.416 e. The van der Waals surface area contributed by atoms with E-state index >= 15 is 0 Å². The van der Waals surface area contributed by atoms with Crippen LogP contribution < -0.4 is 15.4 Å². The SMILES string of the molecule is CC(C)Oc1cccc(NC(=S)NC2(c3cccc(C(F)(F)F)c3)CCCC2)c1. The Morgan fingerprint density at radius 3 is 2.41 bits per heavy atom. The van der Waals surface area contributed by atoms with Gasteiger partial charge in [-0.25, -0.2) is 0 Å². The van der Waals surface area contributed by atoms with Crippen molar-refractivity contribution >= 4 is 23.0 Å². The molecule has 0 saturated heterocycles. The van der Waals surface area contributed by atoms with Gasteiger partial charge in [0.05, 0.1) is 17.2 Å². The van der Waals surface area contributed by atoms with Crippen LogP contribution in [0.5, 0.6) is 5.75 Å². The molecule has 1 aliphatic rings. The Balaban J connectivity index is 1.78. The minimum Gasteiger partial charge on any atom is -0.491 e. The molecule has 3 rings (SSSR count). The molecule has 156 valence electrons. The van der Waals surface area contributed by atoms with Gasteiger partial charge in [-0.1, -0.05) is 31.0 Å². The molecule has 0 amide bonds. The lowest BCUT2D eigenvalue weighted by atomic mass is 9.87. The first-order valence-corrected chi connectivity index (χ1v) is 10.1. The highest BCUT2D eigenvalue weighted by Crippen LogP contribution is 2.41. The van der Waals surface area contributed by atoms with Crippen LogP contribution in [0.25, 0.3) is 0 Å². The molecule has 7 heteroatoms. The van der Waals surface area contributed by atoms with Crippen molar-refractivity contribution in [1.29, 1.82) is 0 Å². The predicted octanol–water partition coefficient (Wildman–Crippen LogP) is 6.25. The molecule has 0 spiro atoms. The predicted molar refractivity (Wildman–Crippen MR) is 113 cm³/mol. The van der Waals surface area contributed by atoms with E-state index in [4.69, 9.17) is 17.0 Å². The standard InChI is InChI=1S/C22H25F3N2OS/c1-15(2)28-19-10-6-9-18(14-19)26-20(29)27-21(11-3-4-12-21)16-7-5-8-17(13-16)22(23,24)25/h5-10,13-15H,3-4,11-12H2,1-2H3,(H2,26,27,29). The quantitative estimate of drug-likeness (QED) is 0.558. The van der Waals surface area contributed by atoms with Gasteiger partial charge in [-0.15, -0.1) is 0 Å². The van der Waals surface area contributed by atoms with E-state index < -0.39 is 17.3 Å². The van der Waals surface area contributed by atoms with Crippen LogP contribution in [0.2, 0.25) is 0 Å². The summed E-state index contributed by atoms with van der Waals surface area (Å²) >= 11 is 5.50. The number of thiocarbonyl (C=S) groups is 1. The first kappa shape index (κ1) is 21.4. The third-order valence-electron chi connectivity index (χ3n) is 5.02. The highest BCUT2D eigenvalue weighted by atomic mass is 32.1. The monoisotopic (exact) mass is 422 g/mol. The molecule has 0 unspecified atom stereocenters. The summed E-state index contributed by atoms with van der Waals surface area (Å²) in [5.74, 6) is 0.723. The zero-order chi connectivity index (χ0) is 21.1. The second-order valence-electron chi connectivity index (χ2n) is 7.64. The van der Waals surface area contributed by atoms with Crippen molar-refractivity contribution in [3.05, 3.63) is 59.7 Å². The van der Waals surface area contributed by atoms with E-state index in [-0.39, 0.29) is 6.10 Å². The van der Waals surface area contributed by atoms with Crippen molar-refractivity contribution in [1.82, 2.24) is 5.32 Å². The number of nitrogens with one attached hydrogen (secondary N) is 2. The molecule has 29 heavy (non-hydrogen) atoms. The van der Waals surface area contributed by atoms with E-state index in [1.165, 1.54) is 12.1 Å². The minimum absolute atomic E-state index is 0.0537. The second kappa shape index (κ2) is 8.61. The van der Waals surface area contributed by atoms with E-state index in [1.807, 2.05) is 38.1 Å². The van der Waals surface area contributed by atoms with Gasteiger partial charge in [0.1, 0.15) is 5.75 Å². The molecule has 1 aliphatic carbocycles. The summed E-state index contributed by atoms with van der Waals surface area (Å²) in [6.07, 6.45) is -0.990. The van der Waals surface area contributed by atoms with Gasteiger partial charge in [-0.2, -0.15) is 13.2 Å². The Labute approximate surface area is 174 Å². The van der Waals surface area contributed by atoms with Crippen LogP contribution in [0.15, 0.2) is 48.5 Å². The largest absolute Gasteiger partial charge is 0.491 e. The van der Waals surface area contributed by atoms with Gasteiger partial charge in [0.25, 0.3) is 0 Å². The first-order chi connectivity index (χ1) is 13.7. The number of benzene rings is 2. The van der Waals surface area contributed by atoms with Crippen molar-refractivity contribution in [2.24, 2.45) is 0 Å². The van der Waals surface area contributed by atoms with Crippen LogP contribution in [0.3, 0.4) is 0 Å². The Hall–Kier alpha value is -2.28. The third-order valence-corrected chi connectivity index (χ3v) is 5.22. The average molecular weight is 423 g/mol. The lowest BCUT2D eigenvalue weighted by Gasteiger charge is -2.33. The van der Waals surface area contributed by atoms with E-state index in [0.29, 0.717) is 10.7 Å². The van der Waals surface area contributed by atoms with Gasteiger partial charge in [0, 0.05) is 11.8 Å².